The van der Waals surface area contributed by atoms with E-state index in [2.05, 4.69) is 25.6 Å². The number of carbonyl (C=O) groups is 1. The van der Waals surface area contributed by atoms with Gasteiger partial charge in [-0.3, -0.25) is 0 Å². The largest absolute Gasteiger partial charge is 0.465 e. The van der Waals surface area contributed by atoms with E-state index in [9.17, 15) is 22.4 Å². The lowest BCUT2D eigenvalue weighted by molar-refractivity contribution is -0.141. The van der Waals surface area contributed by atoms with Crippen LogP contribution in [0.4, 0.5) is 27.5 Å². The molecule has 0 aliphatic carbocycles. The number of rotatable bonds is 7. The van der Waals surface area contributed by atoms with E-state index in [0.29, 0.717) is 10.5 Å². The highest BCUT2D eigenvalue weighted by molar-refractivity contribution is 7.18. The monoisotopic (exact) mass is 480 g/mol. The van der Waals surface area contributed by atoms with Gasteiger partial charge < -0.3 is 20.3 Å². The second kappa shape index (κ2) is 9.02. The summed E-state index contributed by atoms with van der Waals surface area (Å²) in [4.78, 5) is 23.1. The van der Waals surface area contributed by atoms with Crippen LogP contribution in [-0.4, -0.2) is 43.3 Å². The van der Waals surface area contributed by atoms with Gasteiger partial charge in [-0.2, -0.15) is 17.6 Å². The third kappa shape index (κ3) is 5.55. The number of aromatic nitrogens is 4. The Balaban J connectivity index is 1.44. The number of fused-ring (bicyclic) bond motifs is 1. The zero-order valence-corrected chi connectivity index (χ0v) is 17.5. The molecule has 0 spiro atoms. The van der Waals surface area contributed by atoms with E-state index >= 15 is 0 Å². The first kappa shape index (κ1) is 22.5. The van der Waals surface area contributed by atoms with Crippen LogP contribution in [0, 0.1) is 5.95 Å². The van der Waals surface area contributed by atoms with Gasteiger partial charge in [0.2, 0.25) is 5.95 Å². The summed E-state index contributed by atoms with van der Waals surface area (Å²) in [6.07, 6.45) is -1.01. The van der Waals surface area contributed by atoms with Crippen molar-refractivity contribution in [1.29, 1.82) is 0 Å². The number of hydrogen-bond donors (Lipinski definition) is 3. The van der Waals surface area contributed by atoms with E-state index in [-0.39, 0.29) is 13.1 Å². The summed E-state index contributed by atoms with van der Waals surface area (Å²) < 4.78 is 52.8. The number of nitrogens with zero attached hydrogens (tertiary/aromatic N) is 4. The summed E-state index contributed by atoms with van der Waals surface area (Å²) in [6, 6.07) is 6.06. The quantitative estimate of drug-likeness (QED) is 0.267. The van der Waals surface area contributed by atoms with E-state index in [1.54, 1.807) is 6.20 Å². The Hall–Kier alpha value is -3.74. The van der Waals surface area contributed by atoms with E-state index in [4.69, 9.17) is 5.11 Å². The fraction of sp³-hybridized carbons (Fsp3) is 0.200. The Morgan fingerprint density at radius 1 is 1.15 bits per heavy atom. The van der Waals surface area contributed by atoms with Crippen molar-refractivity contribution in [3.8, 4) is 10.4 Å². The first-order valence-electron chi connectivity index (χ1n) is 9.51. The van der Waals surface area contributed by atoms with Gasteiger partial charge in [0.05, 0.1) is 17.2 Å². The molecule has 1 aromatic carbocycles. The molecule has 172 valence electrons. The summed E-state index contributed by atoms with van der Waals surface area (Å²) in [5.74, 6) is -0.580. The Bertz CT molecular complexity index is 1290. The third-order valence-electron chi connectivity index (χ3n) is 4.66. The Kier molecular flexibility index (Phi) is 6.14. The van der Waals surface area contributed by atoms with Crippen molar-refractivity contribution in [3.63, 3.8) is 0 Å². The molecule has 3 aromatic heterocycles. The smallest absolute Gasteiger partial charge is 0.434 e. The van der Waals surface area contributed by atoms with Crippen LogP contribution in [-0.2, 0) is 12.7 Å². The molecule has 0 fully saturated rings. The lowest BCUT2D eigenvalue weighted by Crippen LogP contribution is -2.41. The minimum absolute atomic E-state index is 0.0646. The predicted molar refractivity (Wildman–Crippen MR) is 113 cm³/mol. The molecule has 8 nitrogen and oxygen atoms in total. The van der Waals surface area contributed by atoms with Crippen LogP contribution in [0.15, 0.2) is 49.2 Å². The van der Waals surface area contributed by atoms with Gasteiger partial charge >= 0.3 is 12.3 Å². The van der Waals surface area contributed by atoms with E-state index in [0.717, 1.165) is 28.4 Å². The van der Waals surface area contributed by atoms with Gasteiger partial charge in [-0.1, -0.05) is 23.5 Å². The number of halogens is 4. The number of anilines is 1. The van der Waals surface area contributed by atoms with Gasteiger partial charge in [-0.15, -0.1) is 0 Å². The van der Waals surface area contributed by atoms with Crippen LogP contribution in [0.3, 0.4) is 0 Å². The first-order chi connectivity index (χ1) is 15.7. The van der Waals surface area contributed by atoms with Crippen molar-refractivity contribution >= 4 is 33.3 Å². The molecule has 0 saturated heterocycles. The van der Waals surface area contributed by atoms with Crippen molar-refractivity contribution < 1.29 is 27.5 Å². The maximum absolute atomic E-state index is 13.4. The van der Waals surface area contributed by atoms with Crippen molar-refractivity contribution in [2.45, 2.75) is 18.8 Å². The highest BCUT2D eigenvalue weighted by atomic mass is 32.1. The molecule has 0 radical (unpaired) electrons. The van der Waals surface area contributed by atoms with E-state index in [1.807, 2.05) is 18.2 Å². The number of pyridine rings is 1. The molecule has 3 heterocycles. The van der Waals surface area contributed by atoms with Crippen LogP contribution in [0.25, 0.3) is 21.2 Å². The molecular weight excluding hydrogens is 464 g/mol. The molecule has 33 heavy (non-hydrogen) atoms. The molecular formula is C20H16F4N6O2S. The summed E-state index contributed by atoms with van der Waals surface area (Å²) in [7, 11) is 0. The second-order valence-electron chi connectivity index (χ2n) is 7.08. The number of nitrogens with one attached hydrogen (secondary N) is 2. The van der Waals surface area contributed by atoms with Crippen LogP contribution in [0.1, 0.15) is 5.69 Å². The summed E-state index contributed by atoms with van der Waals surface area (Å²) in [5.41, 5.74) is -0.239. The zero-order chi connectivity index (χ0) is 23.6. The highest BCUT2D eigenvalue weighted by Gasteiger charge is 2.33. The Morgan fingerprint density at radius 3 is 2.70 bits per heavy atom. The standard InChI is InChI=1S/C20H16F4N6O2S/c21-17-4-13-3-11(1-2-12(13)5-25-17)15-7-27-18(33-15)26-6-14(29-19(31)32)8-30-9-16(28-10-30)20(22,23)24/h1-5,7,9-10,14,29H,6,8H2,(H,26,27)(H,31,32). The van der Waals surface area contributed by atoms with Crippen LogP contribution >= 0.6 is 11.3 Å². The van der Waals surface area contributed by atoms with E-state index < -0.39 is 30.0 Å². The minimum Gasteiger partial charge on any atom is -0.465 e. The number of alkyl halides is 3. The van der Waals surface area contributed by atoms with Crippen molar-refractivity contribution in [2.75, 3.05) is 11.9 Å². The van der Waals surface area contributed by atoms with Gasteiger partial charge in [0.15, 0.2) is 10.8 Å². The summed E-state index contributed by atoms with van der Waals surface area (Å²) in [6.45, 7) is 0.0122. The van der Waals surface area contributed by atoms with Crippen LogP contribution < -0.4 is 10.6 Å². The van der Waals surface area contributed by atoms with Gasteiger partial charge in [-0.05, 0) is 17.0 Å². The molecule has 0 aliphatic heterocycles. The van der Waals surface area contributed by atoms with Crippen molar-refractivity contribution in [3.05, 3.63) is 60.8 Å². The number of amides is 1. The van der Waals surface area contributed by atoms with Crippen LogP contribution in [0.2, 0.25) is 0 Å². The van der Waals surface area contributed by atoms with Gasteiger partial charge in [-0.25, -0.2) is 19.7 Å². The predicted octanol–water partition coefficient (Wildman–Crippen LogP) is 4.46. The molecule has 0 saturated carbocycles. The molecule has 3 N–H and O–H groups in total. The van der Waals surface area contributed by atoms with Crippen LogP contribution in [0.5, 0.6) is 0 Å². The molecule has 1 unspecified atom stereocenters. The average molecular weight is 480 g/mol. The lowest BCUT2D eigenvalue weighted by atomic mass is 10.1. The average Bonchev–Trinajstić information content (AvgIpc) is 3.40. The SMILES string of the molecule is O=C(O)NC(CNc1ncc(-c2ccc3cnc(F)cc3c2)s1)Cn1cnc(C(F)(F)F)c1. The maximum Gasteiger partial charge on any atom is 0.434 e. The number of carboxylic acid groups (broad SMARTS) is 1. The topological polar surface area (TPSA) is 105 Å². The minimum atomic E-state index is -4.58. The highest BCUT2D eigenvalue weighted by Crippen LogP contribution is 2.31. The molecule has 0 bridgehead atoms. The zero-order valence-electron chi connectivity index (χ0n) is 16.7. The van der Waals surface area contributed by atoms with Gasteiger partial charge in [0.25, 0.3) is 0 Å². The maximum atomic E-state index is 13.4. The Morgan fingerprint density at radius 2 is 1.97 bits per heavy atom. The number of thiazole rings is 1. The van der Waals surface area contributed by atoms with Crippen molar-refractivity contribution in [2.24, 2.45) is 0 Å². The molecule has 1 atom stereocenters. The molecule has 13 heteroatoms. The molecule has 4 rings (SSSR count). The molecule has 1 amide bonds. The number of imidazole rings is 1. The number of hydrogen-bond acceptors (Lipinski definition) is 6. The fourth-order valence-corrected chi connectivity index (χ4v) is 3.98. The first-order valence-corrected chi connectivity index (χ1v) is 10.3. The third-order valence-corrected chi connectivity index (χ3v) is 5.66. The fourth-order valence-electron chi connectivity index (χ4n) is 3.16. The summed E-state index contributed by atoms with van der Waals surface area (Å²) >= 11 is 1.30. The van der Waals surface area contributed by atoms with Gasteiger partial charge in [0, 0.05) is 43.1 Å². The Labute approximate surface area is 187 Å². The molecule has 0 aliphatic rings. The normalized spacial score (nSPS) is 12.6. The van der Waals surface area contributed by atoms with Crippen molar-refractivity contribution in [1.82, 2.24) is 24.8 Å². The number of benzene rings is 1. The van der Waals surface area contributed by atoms with E-state index in [1.165, 1.54) is 28.2 Å². The van der Waals surface area contributed by atoms with Gasteiger partial charge in [0.1, 0.15) is 0 Å². The summed E-state index contributed by atoms with van der Waals surface area (Å²) in [5, 5.41) is 16.3. The lowest BCUT2D eigenvalue weighted by Gasteiger charge is -2.17. The molecule has 4 aromatic rings. The second-order valence-corrected chi connectivity index (χ2v) is 8.11.